The molecule has 0 aliphatic heterocycles. The van der Waals surface area contributed by atoms with Crippen LogP contribution in [0.4, 0.5) is 0 Å². The Morgan fingerprint density at radius 1 is 0.339 bits per heavy atom. The van der Waals surface area contributed by atoms with E-state index in [2.05, 4.69) is 140 Å². The molecule has 3 aromatic heterocycles. The maximum Gasteiger partial charge on any atom is 0.164 e. The van der Waals surface area contributed by atoms with Crippen LogP contribution in [-0.4, -0.2) is 15.0 Å². The minimum Gasteiger partial charge on any atom is -0.456 e. The lowest BCUT2D eigenvalue weighted by Crippen LogP contribution is -2.00. The average Bonchev–Trinajstić information content (AvgIpc) is 3.85. The van der Waals surface area contributed by atoms with Crippen LogP contribution in [0.1, 0.15) is 0 Å². The normalized spacial score (nSPS) is 11.6. The summed E-state index contributed by atoms with van der Waals surface area (Å²) in [4.78, 5) is 15.2. The first-order valence-electron chi connectivity index (χ1n) is 18.7. The summed E-state index contributed by atoms with van der Waals surface area (Å²) in [6, 6.07) is 65.6. The number of aromatic nitrogens is 3. The smallest absolute Gasteiger partial charge is 0.164 e. The van der Waals surface area contributed by atoms with Crippen molar-refractivity contribution in [2.24, 2.45) is 0 Å². The molecule has 0 unspecified atom stereocenters. The van der Waals surface area contributed by atoms with E-state index in [1.54, 1.807) is 0 Å². The lowest BCUT2D eigenvalue weighted by Gasteiger charge is -2.10. The van der Waals surface area contributed by atoms with E-state index in [-0.39, 0.29) is 0 Å². The van der Waals surface area contributed by atoms with E-state index in [9.17, 15) is 0 Å². The van der Waals surface area contributed by atoms with Crippen molar-refractivity contribution in [2.75, 3.05) is 0 Å². The summed E-state index contributed by atoms with van der Waals surface area (Å²) in [7, 11) is 0. The molecule has 0 aliphatic carbocycles. The van der Waals surface area contributed by atoms with Crippen molar-refractivity contribution in [3.8, 4) is 67.5 Å². The Morgan fingerprint density at radius 2 is 0.893 bits per heavy atom. The van der Waals surface area contributed by atoms with Gasteiger partial charge in [0.15, 0.2) is 17.5 Å². The van der Waals surface area contributed by atoms with E-state index in [0.29, 0.717) is 17.5 Å². The quantitative estimate of drug-likeness (QED) is 0.171. The number of thiophene rings is 1. The van der Waals surface area contributed by atoms with Gasteiger partial charge in [-0.25, -0.2) is 15.0 Å². The van der Waals surface area contributed by atoms with Crippen LogP contribution in [-0.2, 0) is 0 Å². The van der Waals surface area contributed by atoms with Crippen molar-refractivity contribution < 1.29 is 4.42 Å². The van der Waals surface area contributed by atoms with Gasteiger partial charge in [0.25, 0.3) is 0 Å². The summed E-state index contributed by atoms with van der Waals surface area (Å²) in [5.74, 6) is 1.84. The van der Waals surface area contributed by atoms with Gasteiger partial charge in [-0.05, 0) is 63.7 Å². The molecule has 8 aromatic carbocycles. The molecule has 0 spiro atoms. The number of hydrogen-bond acceptors (Lipinski definition) is 5. The predicted octanol–water partition coefficient (Wildman–Crippen LogP) is 14.1. The first kappa shape index (κ1) is 32.2. The molecule has 0 N–H and O–H groups in total. The van der Waals surface area contributed by atoms with Crippen molar-refractivity contribution in [3.63, 3.8) is 0 Å². The third-order valence-corrected chi connectivity index (χ3v) is 11.8. The van der Waals surface area contributed by atoms with E-state index < -0.39 is 0 Å². The molecule has 0 atom stereocenters. The number of rotatable bonds is 6. The molecule has 56 heavy (non-hydrogen) atoms. The molecule has 0 radical (unpaired) electrons. The molecule has 11 rings (SSSR count). The zero-order valence-electron chi connectivity index (χ0n) is 30.1. The maximum atomic E-state index is 6.60. The number of furan rings is 1. The van der Waals surface area contributed by atoms with Crippen LogP contribution in [0.2, 0.25) is 0 Å². The van der Waals surface area contributed by atoms with E-state index in [1.165, 1.54) is 36.9 Å². The molecular formula is C51H31N3OS. The highest BCUT2D eigenvalue weighted by Crippen LogP contribution is 2.43. The SMILES string of the molecule is c1ccc(-c2ccc(-c3nc(-c4ccccc4)nc(-c4cccc5oc6cc(-c7ccc8sc9c(-c%10ccccc%10)cccc9c8c7)ccc6c45)n3)cc2)cc1. The summed E-state index contributed by atoms with van der Waals surface area (Å²) in [6.45, 7) is 0. The van der Waals surface area contributed by atoms with Crippen molar-refractivity contribution in [1.82, 2.24) is 15.0 Å². The Hall–Kier alpha value is -7.21. The molecule has 262 valence electrons. The molecule has 5 heteroatoms. The Balaban J connectivity index is 1.02. The van der Waals surface area contributed by atoms with Crippen molar-refractivity contribution in [3.05, 3.63) is 188 Å². The topological polar surface area (TPSA) is 51.8 Å². The molecule has 0 fully saturated rings. The van der Waals surface area contributed by atoms with Gasteiger partial charge in [0, 0.05) is 47.6 Å². The van der Waals surface area contributed by atoms with Gasteiger partial charge >= 0.3 is 0 Å². The van der Waals surface area contributed by atoms with Gasteiger partial charge in [0.2, 0.25) is 0 Å². The summed E-state index contributed by atoms with van der Waals surface area (Å²) in [6.07, 6.45) is 0. The number of fused-ring (bicyclic) bond motifs is 6. The third-order valence-electron chi connectivity index (χ3n) is 10.6. The first-order chi connectivity index (χ1) is 27.7. The minimum absolute atomic E-state index is 0.600. The summed E-state index contributed by atoms with van der Waals surface area (Å²) < 4.78 is 9.19. The summed E-state index contributed by atoms with van der Waals surface area (Å²) >= 11 is 1.86. The summed E-state index contributed by atoms with van der Waals surface area (Å²) in [5.41, 5.74) is 11.4. The van der Waals surface area contributed by atoms with Crippen LogP contribution in [0.15, 0.2) is 192 Å². The van der Waals surface area contributed by atoms with Crippen LogP contribution in [0.5, 0.6) is 0 Å². The van der Waals surface area contributed by atoms with Crippen LogP contribution in [0, 0.1) is 0 Å². The van der Waals surface area contributed by atoms with E-state index >= 15 is 0 Å². The lowest BCUT2D eigenvalue weighted by molar-refractivity contribution is 0.669. The number of benzene rings is 8. The van der Waals surface area contributed by atoms with Gasteiger partial charge < -0.3 is 4.42 Å². The predicted molar refractivity (Wildman–Crippen MR) is 233 cm³/mol. The van der Waals surface area contributed by atoms with Gasteiger partial charge in [-0.1, -0.05) is 158 Å². The maximum absolute atomic E-state index is 6.60. The van der Waals surface area contributed by atoms with Crippen LogP contribution in [0.25, 0.3) is 110 Å². The Labute approximate surface area is 327 Å². The van der Waals surface area contributed by atoms with Crippen molar-refractivity contribution in [1.29, 1.82) is 0 Å². The van der Waals surface area contributed by atoms with Gasteiger partial charge in [0.05, 0.1) is 0 Å². The molecule has 11 aromatic rings. The monoisotopic (exact) mass is 733 g/mol. The van der Waals surface area contributed by atoms with E-state index in [0.717, 1.165) is 55.3 Å². The van der Waals surface area contributed by atoms with Gasteiger partial charge in [-0.2, -0.15) is 0 Å². The Kier molecular flexibility index (Phi) is 7.64. The molecule has 3 heterocycles. The Bertz CT molecular complexity index is 3230. The number of hydrogen-bond donors (Lipinski definition) is 0. The van der Waals surface area contributed by atoms with Crippen LogP contribution in [0.3, 0.4) is 0 Å². The minimum atomic E-state index is 0.600. The lowest BCUT2D eigenvalue weighted by atomic mass is 9.99. The Morgan fingerprint density at radius 3 is 1.64 bits per heavy atom. The fourth-order valence-electron chi connectivity index (χ4n) is 7.80. The number of nitrogens with zero attached hydrogens (tertiary/aromatic N) is 3. The van der Waals surface area contributed by atoms with Crippen LogP contribution < -0.4 is 0 Å². The fraction of sp³-hybridized carbons (Fsp3) is 0. The van der Waals surface area contributed by atoms with Crippen LogP contribution >= 0.6 is 11.3 Å². The van der Waals surface area contributed by atoms with Crippen molar-refractivity contribution >= 4 is 53.4 Å². The molecule has 0 aliphatic rings. The second kappa shape index (κ2) is 13.3. The molecule has 0 saturated heterocycles. The molecule has 0 bridgehead atoms. The highest BCUT2D eigenvalue weighted by Gasteiger charge is 2.19. The molecule has 0 saturated carbocycles. The second-order valence-electron chi connectivity index (χ2n) is 14.0. The molecular weight excluding hydrogens is 703 g/mol. The zero-order chi connectivity index (χ0) is 37.0. The van der Waals surface area contributed by atoms with Crippen molar-refractivity contribution in [2.45, 2.75) is 0 Å². The molecule has 0 amide bonds. The standard InChI is InChI=1S/C51H31N3OS/c1-4-12-32(13-5-1)33-22-24-36(25-23-33)50-52-49(35-16-8-3-9-17-35)53-51(54-50)42-20-11-21-44-47(42)41-28-26-38(31-45(41)55-44)37-27-29-46-43(30-37)40-19-10-18-39(48(40)56-46)34-14-6-2-7-15-34/h1-31H. The average molecular weight is 734 g/mol. The van der Waals surface area contributed by atoms with E-state index in [4.69, 9.17) is 19.4 Å². The first-order valence-corrected chi connectivity index (χ1v) is 19.5. The highest BCUT2D eigenvalue weighted by molar-refractivity contribution is 7.26. The van der Waals surface area contributed by atoms with Gasteiger partial charge in [-0.3, -0.25) is 0 Å². The second-order valence-corrected chi connectivity index (χ2v) is 15.0. The van der Waals surface area contributed by atoms with Gasteiger partial charge in [0.1, 0.15) is 11.2 Å². The highest BCUT2D eigenvalue weighted by atomic mass is 32.1. The largest absolute Gasteiger partial charge is 0.456 e. The van der Waals surface area contributed by atoms with E-state index in [1.807, 2.05) is 59.9 Å². The third kappa shape index (κ3) is 5.56. The molecule has 4 nitrogen and oxygen atoms in total. The fourth-order valence-corrected chi connectivity index (χ4v) is 9.02. The summed E-state index contributed by atoms with van der Waals surface area (Å²) in [5, 5.41) is 4.55. The van der Waals surface area contributed by atoms with Gasteiger partial charge in [-0.15, -0.1) is 11.3 Å². The zero-order valence-corrected chi connectivity index (χ0v) is 30.9.